The van der Waals surface area contributed by atoms with Crippen LogP contribution in [0.4, 0.5) is 0 Å². The molecule has 2 rings (SSSR count). The summed E-state index contributed by atoms with van der Waals surface area (Å²) in [6.07, 6.45) is 0.856. The molecule has 1 N–H and O–H groups in total. The first-order valence-corrected chi connectivity index (χ1v) is 7.08. The van der Waals surface area contributed by atoms with Gasteiger partial charge in [-0.25, -0.2) is 9.97 Å². The molecule has 20 heavy (non-hydrogen) atoms. The summed E-state index contributed by atoms with van der Waals surface area (Å²) < 4.78 is 0. The van der Waals surface area contributed by atoms with E-state index in [-0.39, 0.29) is 0 Å². The minimum absolute atomic E-state index is 0.856. The molecule has 0 aliphatic carbocycles. The molecule has 3 nitrogen and oxygen atoms in total. The minimum atomic E-state index is 0.856. The SMILES string of the molecule is CNCCc1nc(C)cc(-c2c(C)cc(C)cc2C)n1. The zero-order valence-electron chi connectivity index (χ0n) is 13.0. The molecule has 0 radical (unpaired) electrons. The van der Waals surface area contributed by atoms with Crippen LogP contribution in [0, 0.1) is 27.7 Å². The van der Waals surface area contributed by atoms with Gasteiger partial charge in [-0.2, -0.15) is 0 Å². The van der Waals surface area contributed by atoms with Crippen molar-refractivity contribution in [2.24, 2.45) is 0 Å². The van der Waals surface area contributed by atoms with E-state index in [1.54, 1.807) is 0 Å². The van der Waals surface area contributed by atoms with Crippen molar-refractivity contribution in [1.82, 2.24) is 15.3 Å². The van der Waals surface area contributed by atoms with Crippen LogP contribution >= 0.6 is 0 Å². The lowest BCUT2D eigenvalue weighted by Gasteiger charge is -2.12. The summed E-state index contributed by atoms with van der Waals surface area (Å²) in [6, 6.07) is 6.51. The lowest BCUT2D eigenvalue weighted by molar-refractivity contribution is 0.752. The van der Waals surface area contributed by atoms with Crippen molar-refractivity contribution in [2.75, 3.05) is 13.6 Å². The van der Waals surface area contributed by atoms with Crippen molar-refractivity contribution in [2.45, 2.75) is 34.1 Å². The van der Waals surface area contributed by atoms with Crippen LogP contribution in [-0.2, 0) is 6.42 Å². The fourth-order valence-corrected chi connectivity index (χ4v) is 2.69. The second-order valence-corrected chi connectivity index (χ2v) is 5.44. The van der Waals surface area contributed by atoms with Crippen molar-refractivity contribution >= 4 is 0 Å². The number of hydrogen-bond acceptors (Lipinski definition) is 3. The van der Waals surface area contributed by atoms with E-state index in [2.05, 4.69) is 49.3 Å². The van der Waals surface area contributed by atoms with E-state index < -0.39 is 0 Å². The Morgan fingerprint density at radius 3 is 2.20 bits per heavy atom. The third-order valence-electron chi connectivity index (χ3n) is 3.43. The van der Waals surface area contributed by atoms with Crippen molar-refractivity contribution in [3.05, 3.63) is 46.4 Å². The fraction of sp³-hybridized carbons (Fsp3) is 0.412. The molecule has 1 aromatic carbocycles. The Labute approximate surface area is 121 Å². The van der Waals surface area contributed by atoms with Crippen LogP contribution in [0.15, 0.2) is 18.2 Å². The molecule has 0 unspecified atom stereocenters. The second kappa shape index (κ2) is 6.14. The van der Waals surface area contributed by atoms with Gasteiger partial charge in [0.15, 0.2) is 0 Å². The van der Waals surface area contributed by atoms with Gasteiger partial charge in [0, 0.05) is 24.2 Å². The zero-order chi connectivity index (χ0) is 14.7. The number of benzene rings is 1. The maximum absolute atomic E-state index is 4.74. The van der Waals surface area contributed by atoms with Gasteiger partial charge in [-0.3, -0.25) is 0 Å². The van der Waals surface area contributed by atoms with Crippen molar-refractivity contribution < 1.29 is 0 Å². The second-order valence-electron chi connectivity index (χ2n) is 5.44. The van der Waals surface area contributed by atoms with Crippen molar-refractivity contribution in [3.63, 3.8) is 0 Å². The average Bonchev–Trinajstić information content (AvgIpc) is 2.34. The average molecular weight is 269 g/mol. The van der Waals surface area contributed by atoms with E-state index >= 15 is 0 Å². The molecule has 0 atom stereocenters. The van der Waals surface area contributed by atoms with Gasteiger partial charge in [-0.1, -0.05) is 17.7 Å². The lowest BCUT2D eigenvalue weighted by atomic mass is 9.97. The molecular formula is C17H23N3. The Balaban J connectivity index is 2.50. The summed E-state index contributed by atoms with van der Waals surface area (Å²) in [5.41, 5.74) is 7.16. The molecule has 106 valence electrons. The number of aromatic nitrogens is 2. The summed E-state index contributed by atoms with van der Waals surface area (Å²) in [7, 11) is 1.95. The fourth-order valence-electron chi connectivity index (χ4n) is 2.69. The number of likely N-dealkylation sites (N-methyl/N-ethyl adjacent to an activating group) is 1. The Morgan fingerprint density at radius 2 is 1.60 bits per heavy atom. The van der Waals surface area contributed by atoms with Gasteiger partial charge >= 0.3 is 0 Å². The highest BCUT2D eigenvalue weighted by Crippen LogP contribution is 2.27. The van der Waals surface area contributed by atoms with E-state index in [9.17, 15) is 0 Å². The number of nitrogens with one attached hydrogen (secondary N) is 1. The van der Waals surface area contributed by atoms with E-state index in [4.69, 9.17) is 4.98 Å². The highest BCUT2D eigenvalue weighted by Gasteiger charge is 2.10. The summed E-state index contributed by atoms with van der Waals surface area (Å²) in [5, 5.41) is 3.15. The molecule has 1 aromatic heterocycles. The molecule has 0 saturated carbocycles. The quantitative estimate of drug-likeness (QED) is 0.926. The monoisotopic (exact) mass is 269 g/mol. The van der Waals surface area contributed by atoms with Gasteiger partial charge in [0.25, 0.3) is 0 Å². The van der Waals surface area contributed by atoms with E-state index in [1.807, 2.05) is 14.0 Å². The first-order valence-electron chi connectivity index (χ1n) is 7.08. The summed E-state index contributed by atoms with van der Waals surface area (Å²) in [5.74, 6) is 0.911. The molecule has 3 heteroatoms. The van der Waals surface area contributed by atoms with Gasteiger partial charge in [0.05, 0.1) is 5.69 Å². The van der Waals surface area contributed by atoms with Crippen LogP contribution in [0.1, 0.15) is 28.2 Å². The number of nitrogens with zero attached hydrogens (tertiary/aromatic N) is 2. The van der Waals surface area contributed by atoms with Gasteiger partial charge in [0.1, 0.15) is 5.82 Å². The molecular weight excluding hydrogens is 246 g/mol. The molecule has 0 amide bonds. The van der Waals surface area contributed by atoms with E-state index in [0.29, 0.717) is 0 Å². The largest absolute Gasteiger partial charge is 0.319 e. The minimum Gasteiger partial charge on any atom is -0.319 e. The molecule has 0 aliphatic heterocycles. The van der Waals surface area contributed by atoms with Crippen LogP contribution in [-0.4, -0.2) is 23.6 Å². The molecule has 0 aliphatic rings. The molecule has 0 bridgehead atoms. The van der Waals surface area contributed by atoms with Gasteiger partial charge in [-0.15, -0.1) is 0 Å². The smallest absolute Gasteiger partial charge is 0.130 e. The maximum atomic E-state index is 4.74. The predicted molar refractivity (Wildman–Crippen MR) is 84.0 cm³/mol. The standard InChI is InChI=1S/C17H23N3/c1-11-8-12(2)17(13(3)9-11)15-10-14(4)19-16(20-15)6-7-18-5/h8-10,18H,6-7H2,1-5H3. The zero-order valence-corrected chi connectivity index (χ0v) is 13.0. The Morgan fingerprint density at radius 1 is 0.950 bits per heavy atom. The topological polar surface area (TPSA) is 37.8 Å². The van der Waals surface area contributed by atoms with Crippen molar-refractivity contribution in [1.29, 1.82) is 0 Å². The summed E-state index contributed by atoms with van der Waals surface area (Å²) in [4.78, 5) is 9.26. The maximum Gasteiger partial charge on any atom is 0.130 e. The molecule has 1 heterocycles. The van der Waals surface area contributed by atoms with E-state index in [1.165, 1.54) is 22.3 Å². The van der Waals surface area contributed by atoms with Crippen LogP contribution < -0.4 is 5.32 Å². The molecule has 2 aromatic rings. The van der Waals surface area contributed by atoms with Crippen molar-refractivity contribution in [3.8, 4) is 11.3 Å². The summed E-state index contributed by atoms with van der Waals surface area (Å²) in [6.45, 7) is 9.37. The molecule has 0 spiro atoms. The van der Waals surface area contributed by atoms with Gasteiger partial charge in [-0.05, 0) is 51.9 Å². The lowest BCUT2D eigenvalue weighted by Crippen LogP contribution is -2.13. The Kier molecular flexibility index (Phi) is 4.50. The Bertz CT molecular complexity index is 595. The third kappa shape index (κ3) is 3.23. The Hall–Kier alpha value is -1.74. The normalized spacial score (nSPS) is 10.8. The highest BCUT2D eigenvalue weighted by molar-refractivity contribution is 5.68. The molecule has 0 saturated heterocycles. The first-order chi connectivity index (χ1) is 9.51. The predicted octanol–water partition coefficient (Wildman–Crippen LogP) is 3.14. The third-order valence-corrected chi connectivity index (χ3v) is 3.43. The number of hydrogen-bond donors (Lipinski definition) is 1. The van der Waals surface area contributed by atoms with Crippen LogP contribution in [0.25, 0.3) is 11.3 Å². The van der Waals surface area contributed by atoms with Gasteiger partial charge in [0.2, 0.25) is 0 Å². The number of rotatable bonds is 4. The van der Waals surface area contributed by atoms with Crippen LogP contribution in [0.3, 0.4) is 0 Å². The van der Waals surface area contributed by atoms with E-state index in [0.717, 1.165) is 30.2 Å². The summed E-state index contributed by atoms with van der Waals surface area (Å²) >= 11 is 0. The van der Waals surface area contributed by atoms with Crippen LogP contribution in [0.5, 0.6) is 0 Å². The number of aryl methyl sites for hydroxylation is 4. The first kappa shape index (κ1) is 14.7. The van der Waals surface area contributed by atoms with Gasteiger partial charge < -0.3 is 5.32 Å². The highest BCUT2D eigenvalue weighted by atomic mass is 14.9. The van der Waals surface area contributed by atoms with Crippen LogP contribution in [0.2, 0.25) is 0 Å². The molecule has 0 fully saturated rings.